The molecule has 1 aliphatic carbocycles. The number of aryl methyl sites for hydroxylation is 1. The van der Waals surface area contributed by atoms with Crippen LogP contribution >= 0.6 is 0 Å². The summed E-state index contributed by atoms with van der Waals surface area (Å²) in [5.74, 6) is 0.702. The number of nitrogens with two attached hydrogens (primary N) is 1. The largest absolute Gasteiger partial charge is 0.327 e. The monoisotopic (exact) mass is 230 g/mol. The van der Waals surface area contributed by atoms with Gasteiger partial charge in [0.1, 0.15) is 0 Å². The maximum atomic E-state index is 5.91. The maximum Gasteiger partial charge on any atom is 0.0342 e. The predicted molar refractivity (Wildman–Crippen MR) is 72.6 cm³/mol. The molecule has 0 radical (unpaired) electrons. The summed E-state index contributed by atoms with van der Waals surface area (Å²) in [4.78, 5) is 4.19. The molecular weight excluding hydrogens is 208 g/mol. The van der Waals surface area contributed by atoms with Gasteiger partial charge in [-0.15, -0.1) is 0 Å². The standard InChI is InChI=1S/C15H22N2/c1-12-7-8-17-11-15(12)9-14(10-16)13-5-3-2-4-6-13/h7-9,11,13H,2-6,10,16H2,1H3/b14-9-. The van der Waals surface area contributed by atoms with E-state index in [9.17, 15) is 0 Å². The first-order valence-electron chi connectivity index (χ1n) is 6.62. The Labute approximate surface area is 104 Å². The van der Waals surface area contributed by atoms with E-state index in [1.807, 2.05) is 12.4 Å². The van der Waals surface area contributed by atoms with Crippen LogP contribution in [0, 0.1) is 12.8 Å². The summed E-state index contributed by atoms with van der Waals surface area (Å²) >= 11 is 0. The molecule has 0 aromatic carbocycles. The molecule has 1 fully saturated rings. The molecule has 2 nitrogen and oxygen atoms in total. The molecule has 0 bridgehead atoms. The minimum Gasteiger partial charge on any atom is -0.327 e. The lowest BCUT2D eigenvalue weighted by atomic mass is 9.83. The van der Waals surface area contributed by atoms with Crippen LogP contribution in [-0.2, 0) is 0 Å². The smallest absolute Gasteiger partial charge is 0.0342 e. The van der Waals surface area contributed by atoms with Crippen LogP contribution < -0.4 is 5.73 Å². The van der Waals surface area contributed by atoms with Crippen molar-refractivity contribution in [3.63, 3.8) is 0 Å². The first-order valence-corrected chi connectivity index (χ1v) is 6.62. The zero-order chi connectivity index (χ0) is 12.1. The number of hydrogen-bond acceptors (Lipinski definition) is 2. The Morgan fingerprint density at radius 3 is 2.82 bits per heavy atom. The molecule has 92 valence electrons. The first kappa shape index (κ1) is 12.3. The zero-order valence-corrected chi connectivity index (χ0v) is 10.7. The van der Waals surface area contributed by atoms with Gasteiger partial charge in [-0.2, -0.15) is 0 Å². The van der Waals surface area contributed by atoms with E-state index in [1.165, 1.54) is 48.8 Å². The van der Waals surface area contributed by atoms with Crippen molar-refractivity contribution in [3.8, 4) is 0 Å². The van der Waals surface area contributed by atoms with Gasteiger partial charge in [0.2, 0.25) is 0 Å². The predicted octanol–water partition coefficient (Wildman–Crippen LogP) is 3.31. The third-order valence-corrected chi connectivity index (χ3v) is 3.79. The van der Waals surface area contributed by atoms with Crippen molar-refractivity contribution in [2.45, 2.75) is 39.0 Å². The molecule has 0 unspecified atom stereocenters. The number of rotatable bonds is 3. The highest BCUT2D eigenvalue weighted by Gasteiger charge is 2.16. The summed E-state index contributed by atoms with van der Waals surface area (Å²) < 4.78 is 0. The highest BCUT2D eigenvalue weighted by molar-refractivity contribution is 5.56. The average Bonchev–Trinajstić information content (AvgIpc) is 2.39. The van der Waals surface area contributed by atoms with Gasteiger partial charge >= 0.3 is 0 Å². The van der Waals surface area contributed by atoms with Gasteiger partial charge in [0.15, 0.2) is 0 Å². The van der Waals surface area contributed by atoms with Crippen molar-refractivity contribution in [3.05, 3.63) is 35.2 Å². The van der Waals surface area contributed by atoms with E-state index in [-0.39, 0.29) is 0 Å². The summed E-state index contributed by atoms with van der Waals surface area (Å²) in [6.45, 7) is 2.81. The molecule has 1 heterocycles. The van der Waals surface area contributed by atoms with Crippen molar-refractivity contribution >= 4 is 6.08 Å². The molecule has 0 saturated heterocycles. The second-order valence-electron chi connectivity index (χ2n) is 4.99. The van der Waals surface area contributed by atoms with E-state index in [0.29, 0.717) is 12.5 Å². The Kier molecular flexibility index (Phi) is 4.32. The van der Waals surface area contributed by atoms with E-state index >= 15 is 0 Å². The van der Waals surface area contributed by atoms with Crippen LogP contribution in [0.5, 0.6) is 0 Å². The Morgan fingerprint density at radius 1 is 1.41 bits per heavy atom. The number of pyridine rings is 1. The third-order valence-electron chi connectivity index (χ3n) is 3.79. The quantitative estimate of drug-likeness (QED) is 0.865. The van der Waals surface area contributed by atoms with Gasteiger partial charge in [-0.05, 0) is 42.9 Å². The topological polar surface area (TPSA) is 38.9 Å². The minimum absolute atomic E-state index is 0.680. The fourth-order valence-electron chi connectivity index (χ4n) is 2.64. The Morgan fingerprint density at radius 2 is 2.18 bits per heavy atom. The molecule has 1 aromatic rings. The lowest BCUT2D eigenvalue weighted by Crippen LogP contribution is -2.16. The summed E-state index contributed by atoms with van der Waals surface area (Å²) in [6, 6.07) is 2.06. The van der Waals surface area contributed by atoms with Crippen molar-refractivity contribution in [2.24, 2.45) is 11.7 Å². The first-order chi connectivity index (χ1) is 8.31. The third kappa shape index (κ3) is 3.16. The van der Waals surface area contributed by atoms with E-state index in [1.54, 1.807) is 0 Å². The van der Waals surface area contributed by atoms with Crippen molar-refractivity contribution in [2.75, 3.05) is 6.54 Å². The molecule has 0 spiro atoms. The van der Waals surface area contributed by atoms with E-state index in [4.69, 9.17) is 5.73 Å². The van der Waals surface area contributed by atoms with Crippen LogP contribution in [-0.4, -0.2) is 11.5 Å². The van der Waals surface area contributed by atoms with Gasteiger partial charge < -0.3 is 5.73 Å². The van der Waals surface area contributed by atoms with Crippen molar-refractivity contribution in [1.82, 2.24) is 4.98 Å². The Balaban J connectivity index is 2.19. The van der Waals surface area contributed by atoms with Gasteiger partial charge in [0, 0.05) is 18.9 Å². The SMILES string of the molecule is Cc1ccncc1/C=C(/CN)C1CCCCC1. The van der Waals surface area contributed by atoms with Gasteiger partial charge in [0.25, 0.3) is 0 Å². The summed E-state index contributed by atoms with van der Waals surface area (Å²) in [5, 5.41) is 0. The Bertz CT molecular complexity index is 390. The number of nitrogens with zero attached hydrogens (tertiary/aromatic N) is 1. The molecule has 0 atom stereocenters. The van der Waals surface area contributed by atoms with E-state index < -0.39 is 0 Å². The number of hydrogen-bond donors (Lipinski definition) is 1. The van der Waals surface area contributed by atoms with E-state index in [2.05, 4.69) is 24.1 Å². The minimum atomic E-state index is 0.680. The fraction of sp³-hybridized carbons (Fsp3) is 0.533. The second-order valence-corrected chi connectivity index (χ2v) is 4.99. The molecule has 1 aromatic heterocycles. The molecule has 0 aliphatic heterocycles. The molecule has 17 heavy (non-hydrogen) atoms. The highest BCUT2D eigenvalue weighted by atomic mass is 14.6. The highest BCUT2D eigenvalue weighted by Crippen LogP contribution is 2.30. The van der Waals surface area contributed by atoms with Gasteiger partial charge in [0.05, 0.1) is 0 Å². The van der Waals surface area contributed by atoms with Crippen LogP contribution in [0.15, 0.2) is 24.0 Å². The molecule has 1 aliphatic rings. The molecule has 0 amide bonds. The van der Waals surface area contributed by atoms with Crippen LogP contribution in [0.2, 0.25) is 0 Å². The average molecular weight is 230 g/mol. The van der Waals surface area contributed by atoms with Crippen molar-refractivity contribution < 1.29 is 0 Å². The lowest BCUT2D eigenvalue weighted by Gasteiger charge is -2.24. The van der Waals surface area contributed by atoms with Crippen LogP contribution in [0.25, 0.3) is 6.08 Å². The molecular formula is C15H22N2. The van der Waals surface area contributed by atoms with Crippen LogP contribution in [0.4, 0.5) is 0 Å². The zero-order valence-electron chi connectivity index (χ0n) is 10.7. The van der Waals surface area contributed by atoms with Crippen LogP contribution in [0.1, 0.15) is 43.2 Å². The Hall–Kier alpha value is -1.15. The summed E-state index contributed by atoms with van der Waals surface area (Å²) in [7, 11) is 0. The van der Waals surface area contributed by atoms with Crippen LogP contribution in [0.3, 0.4) is 0 Å². The molecule has 2 rings (SSSR count). The van der Waals surface area contributed by atoms with Crippen molar-refractivity contribution in [1.29, 1.82) is 0 Å². The lowest BCUT2D eigenvalue weighted by molar-refractivity contribution is 0.401. The molecule has 2 N–H and O–H groups in total. The normalized spacial score (nSPS) is 18.4. The molecule has 1 saturated carbocycles. The maximum absolute atomic E-state index is 5.91. The summed E-state index contributed by atoms with van der Waals surface area (Å²) in [6.07, 6.45) is 12.8. The van der Waals surface area contributed by atoms with Gasteiger partial charge in [-0.25, -0.2) is 0 Å². The van der Waals surface area contributed by atoms with Gasteiger partial charge in [-0.1, -0.05) is 30.9 Å². The molecule has 2 heteroatoms. The summed E-state index contributed by atoms with van der Waals surface area (Å²) in [5.41, 5.74) is 9.82. The van der Waals surface area contributed by atoms with Gasteiger partial charge in [-0.3, -0.25) is 4.98 Å². The second kappa shape index (κ2) is 5.97. The fourth-order valence-corrected chi connectivity index (χ4v) is 2.64. The van der Waals surface area contributed by atoms with E-state index in [0.717, 1.165) is 0 Å². The number of aromatic nitrogens is 1.